The van der Waals surface area contributed by atoms with Crippen LogP contribution < -0.4 is 15.4 Å². The number of aliphatic imine (C=N–C) groups is 1. The Labute approximate surface area is 202 Å². The van der Waals surface area contributed by atoms with Crippen LogP contribution in [0.25, 0.3) is 0 Å². The van der Waals surface area contributed by atoms with Gasteiger partial charge in [-0.25, -0.2) is 4.39 Å². The molecular weight excluding hydrogens is 506 g/mol. The molecule has 1 fully saturated rings. The summed E-state index contributed by atoms with van der Waals surface area (Å²) in [6.45, 7) is 5.67. The van der Waals surface area contributed by atoms with E-state index in [0.717, 1.165) is 57.0 Å². The Morgan fingerprint density at radius 2 is 1.81 bits per heavy atom. The number of hydrogen-bond donors (Lipinski definition) is 2. The van der Waals surface area contributed by atoms with Gasteiger partial charge in [-0.3, -0.25) is 9.89 Å². The standard InChI is InChI=1S/C24H33FN4O.HI/c1-18-4-6-19(7-5-18)10-13-27-24(26-2)28-21-11-14-29(15-12-21)17-20-8-9-23(30-3)22(25)16-20;/h4-9,16,21H,10-15,17H2,1-3H3,(H2,26,27,28);1H. The van der Waals surface area contributed by atoms with Crippen molar-refractivity contribution in [1.82, 2.24) is 15.5 Å². The third-order valence-electron chi connectivity index (χ3n) is 5.60. The average Bonchev–Trinajstić information content (AvgIpc) is 2.76. The van der Waals surface area contributed by atoms with Gasteiger partial charge in [0.05, 0.1) is 7.11 Å². The van der Waals surface area contributed by atoms with Crippen LogP contribution in [-0.2, 0) is 13.0 Å². The predicted octanol–water partition coefficient (Wildman–Crippen LogP) is 4.13. The summed E-state index contributed by atoms with van der Waals surface area (Å²) in [4.78, 5) is 6.74. The summed E-state index contributed by atoms with van der Waals surface area (Å²) < 4.78 is 18.9. The highest BCUT2D eigenvalue weighted by atomic mass is 127. The second-order valence-electron chi connectivity index (χ2n) is 7.90. The molecule has 0 spiro atoms. The van der Waals surface area contributed by atoms with E-state index in [4.69, 9.17) is 4.74 Å². The molecule has 1 saturated heterocycles. The molecule has 0 radical (unpaired) electrons. The average molecular weight is 540 g/mol. The lowest BCUT2D eigenvalue weighted by molar-refractivity contribution is 0.198. The Hall–Kier alpha value is -1.87. The van der Waals surface area contributed by atoms with Gasteiger partial charge in [-0.05, 0) is 49.4 Å². The smallest absolute Gasteiger partial charge is 0.191 e. The minimum Gasteiger partial charge on any atom is -0.494 e. The zero-order valence-electron chi connectivity index (χ0n) is 18.7. The number of hydrogen-bond acceptors (Lipinski definition) is 3. The van der Waals surface area contributed by atoms with Gasteiger partial charge in [0.1, 0.15) is 0 Å². The van der Waals surface area contributed by atoms with Gasteiger partial charge >= 0.3 is 0 Å². The van der Waals surface area contributed by atoms with Crippen molar-refractivity contribution in [3.05, 3.63) is 65.0 Å². The molecule has 1 aliphatic heterocycles. The van der Waals surface area contributed by atoms with Gasteiger partial charge in [0.15, 0.2) is 17.5 Å². The van der Waals surface area contributed by atoms with E-state index in [1.165, 1.54) is 18.2 Å². The lowest BCUT2D eigenvalue weighted by atomic mass is 10.0. The normalized spacial score (nSPS) is 15.3. The van der Waals surface area contributed by atoms with E-state index in [9.17, 15) is 4.39 Å². The fourth-order valence-electron chi connectivity index (χ4n) is 3.77. The second-order valence-corrected chi connectivity index (χ2v) is 7.90. The SMILES string of the molecule is CN=C(NCCc1ccc(C)cc1)NC1CCN(Cc2ccc(OC)c(F)c2)CC1.I. The molecule has 0 aromatic heterocycles. The summed E-state index contributed by atoms with van der Waals surface area (Å²) in [5.41, 5.74) is 3.59. The molecule has 31 heavy (non-hydrogen) atoms. The molecule has 170 valence electrons. The minimum atomic E-state index is -0.299. The maximum atomic E-state index is 13.9. The highest BCUT2D eigenvalue weighted by molar-refractivity contribution is 14.0. The lowest BCUT2D eigenvalue weighted by Gasteiger charge is -2.33. The Morgan fingerprint density at radius 3 is 2.42 bits per heavy atom. The van der Waals surface area contributed by atoms with Crippen LogP contribution in [0.15, 0.2) is 47.5 Å². The first-order valence-electron chi connectivity index (χ1n) is 10.6. The number of methoxy groups -OCH3 is 1. The van der Waals surface area contributed by atoms with Crippen LogP contribution in [0, 0.1) is 12.7 Å². The first-order chi connectivity index (χ1) is 14.6. The minimum absolute atomic E-state index is 0. The number of piperidine rings is 1. The van der Waals surface area contributed by atoms with Crippen LogP contribution in [0.3, 0.4) is 0 Å². The summed E-state index contributed by atoms with van der Waals surface area (Å²) >= 11 is 0. The molecular formula is C24H34FIN4O. The van der Waals surface area contributed by atoms with Crippen LogP contribution in [0.5, 0.6) is 5.75 Å². The Kier molecular flexibility index (Phi) is 10.5. The number of likely N-dealkylation sites (tertiary alicyclic amines) is 1. The van der Waals surface area contributed by atoms with E-state index >= 15 is 0 Å². The highest BCUT2D eigenvalue weighted by Gasteiger charge is 2.20. The molecule has 5 nitrogen and oxygen atoms in total. The second kappa shape index (κ2) is 12.9. The fourth-order valence-corrected chi connectivity index (χ4v) is 3.77. The molecule has 0 bridgehead atoms. The van der Waals surface area contributed by atoms with E-state index in [1.807, 2.05) is 13.1 Å². The zero-order chi connectivity index (χ0) is 21.3. The van der Waals surface area contributed by atoms with Crippen LogP contribution >= 0.6 is 24.0 Å². The van der Waals surface area contributed by atoms with Crippen molar-refractivity contribution >= 4 is 29.9 Å². The largest absolute Gasteiger partial charge is 0.494 e. The first-order valence-corrected chi connectivity index (χ1v) is 10.6. The van der Waals surface area contributed by atoms with E-state index in [2.05, 4.69) is 51.7 Å². The molecule has 0 unspecified atom stereocenters. The van der Waals surface area contributed by atoms with Gasteiger partial charge < -0.3 is 15.4 Å². The molecule has 3 rings (SSSR count). The van der Waals surface area contributed by atoms with Crippen molar-refractivity contribution in [2.45, 2.75) is 38.8 Å². The Morgan fingerprint density at radius 1 is 1.13 bits per heavy atom. The third kappa shape index (κ3) is 7.96. The predicted molar refractivity (Wildman–Crippen MR) is 136 cm³/mol. The van der Waals surface area contributed by atoms with Crippen LogP contribution in [0.1, 0.15) is 29.5 Å². The summed E-state index contributed by atoms with van der Waals surface area (Å²) in [7, 11) is 3.30. The molecule has 1 heterocycles. The van der Waals surface area contributed by atoms with Crippen molar-refractivity contribution in [2.75, 3.05) is 33.8 Å². The molecule has 2 aromatic carbocycles. The van der Waals surface area contributed by atoms with Crippen LogP contribution in [0.4, 0.5) is 4.39 Å². The number of nitrogens with zero attached hydrogens (tertiary/aromatic N) is 2. The molecule has 0 aliphatic carbocycles. The Balaban J connectivity index is 0.00000341. The van der Waals surface area contributed by atoms with Gasteiger partial charge in [0, 0.05) is 39.3 Å². The maximum Gasteiger partial charge on any atom is 0.191 e. The summed E-state index contributed by atoms with van der Waals surface area (Å²) in [6, 6.07) is 14.3. The van der Waals surface area contributed by atoms with Crippen LogP contribution in [-0.4, -0.2) is 50.7 Å². The van der Waals surface area contributed by atoms with E-state index in [-0.39, 0.29) is 29.8 Å². The van der Waals surface area contributed by atoms with E-state index in [0.29, 0.717) is 11.8 Å². The zero-order valence-corrected chi connectivity index (χ0v) is 21.0. The third-order valence-corrected chi connectivity index (χ3v) is 5.60. The highest BCUT2D eigenvalue weighted by Crippen LogP contribution is 2.20. The van der Waals surface area contributed by atoms with Gasteiger partial charge in [0.25, 0.3) is 0 Å². The number of rotatable bonds is 7. The number of ether oxygens (including phenoxy) is 1. The first kappa shape index (κ1) is 25.4. The quantitative estimate of drug-likeness (QED) is 0.315. The molecule has 1 aliphatic rings. The molecule has 2 N–H and O–H groups in total. The van der Waals surface area contributed by atoms with E-state index in [1.54, 1.807) is 12.1 Å². The summed E-state index contributed by atoms with van der Waals surface area (Å²) in [5.74, 6) is 0.854. The number of nitrogens with one attached hydrogen (secondary N) is 2. The van der Waals surface area contributed by atoms with Gasteiger partial charge in [-0.2, -0.15) is 0 Å². The number of benzene rings is 2. The lowest BCUT2D eigenvalue weighted by Crippen LogP contribution is -2.48. The summed E-state index contributed by atoms with van der Waals surface area (Å²) in [5, 5.41) is 6.96. The van der Waals surface area contributed by atoms with Crippen molar-refractivity contribution in [3.8, 4) is 5.75 Å². The van der Waals surface area contributed by atoms with Gasteiger partial charge in [0.2, 0.25) is 0 Å². The molecule has 0 amide bonds. The monoisotopic (exact) mass is 540 g/mol. The number of aryl methyl sites for hydroxylation is 1. The maximum absolute atomic E-state index is 13.9. The molecule has 0 atom stereocenters. The van der Waals surface area contributed by atoms with Gasteiger partial charge in [-0.1, -0.05) is 35.9 Å². The summed E-state index contributed by atoms with van der Waals surface area (Å²) in [6.07, 6.45) is 3.05. The molecule has 0 saturated carbocycles. The number of guanidine groups is 1. The Bertz CT molecular complexity index is 836. The van der Waals surface area contributed by atoms with E-state index < -0.39 is 0 Å². The van der Waals surface area contributed by atoms with Gasteiger partial charge in [-0.15, -0.1) is 24.0 Å². The topological polar surface area (TPSA) is 48.9 Å². The van der Waals surface area contributed by atoms with Crippen molar-refractivity contribution in [3.63, 3.8) is 0 Å². The van der Waals surface area contributed by atoms with Crippen molar-refractivity contribution in [1.29, 1.82) is 0 Å². The fraction of sp³-hybridized carbons (Fsp3) is 0.458. The van der Waals surface area contributed by atoms with Crippen molar-refractivity contribution < 1.29 is 9.13 Å². The molecule has 2 aromatic rings. The number of halogens is 2. The molecule has 7 heteroatoms. The van der Waals surface area contributed by atoms with Crippen molar-refractivity contribution in [2.24, 2.45) is 4.99 Å². The van der Waals surface area contributed by atoms with Crippen LogP contribution in [0.2, 0.25) is 0 Å².